The van der Waals surface area contributed by atoms with E-state index in [1.54, 1.807) is 29.9 Å². The summed E-state index contributed by atoms with van der Waals surface area (Å²) in [7, 11) is 1.39. The molecule has 1 unspecified atom stereocenters. The van der Waals surface area contributed by atoms with Crippen LogP contribution in [0.3, 0.4) is 0 Å². The van der Waals surface area contributed by atoms with Gasteiger partial charge in [-0.25, -0.2) is 14.4 Å². The first kappa shape index (κ1) is 24.2. The topological polar surface area (TPSA) is 124 Å². The summed E-state index contributed by atoms with van der Waals surface area (Å²) < 4.78 is 20.4. The van der Waals surface area contributed by atoms with E-state index in [9.17, 15) is 14.0 Å². The van der Waals surface area contributed by atoms with Crippen molar-refractivity contribution in [3.63, 3.8) is 0 Å². The predicted molar refractivity (Wildman–Crippen MR) is 125 cm³/mol. The molecule has 11 heteroatoms. The van der Waals surface area contributed by atoms with E-state index in [1.165, 1.54) is 26.2 Å². The van der Waals surface area contributed by atoms with E-state index in [0.717, 1.165) is 19.3 Å². The number of rotatable bonds is 8. The van der Waals surface area contributed by atoms with E-state index < -0.39 is 5.82 Å². The van der Waals surface area contributed by atoms with Crippen LogP contribution in [0.5, 0.6) is 5.75 Å². The van der Waals surface area contributed by atoms with Crippen molar-refractivity contribution >= 4 is 11.8 Å². The van der Waals surface area contributed by atoms with Crippen molar-refractivity contribution in [3.05, 3.63) is 53.4 Å². The van der Waals surface area contributed by atoms with Crippen LogP contribution in [0, 0.1) is 18.7 Å². The van der Waals surface area contributed by atoms with Crippen LogP contribution in [0.1, 0.15) is 48.1 Å². The molecule has 2 heterocycles. The van der Waals surface area contributed by atoms with E-state index in [0.29, 0.717) is 35.2 Å². The van der Waals surface area contributed by atoms with Crippen LogP contribution in [0.15, 0.2) is 30.5 Å². The number of methoxy groups -OCH3 is 1. The number of nitrogens with zero attached hydrogens (tertiary/aromatic N) is 5. The third kappa shape index (κ3) is 6.17. The Kier molecular flexibility index (Phi) is 7.33. The summed E-state index contributed by atoms with van der Waals surface area (Å²) >= 11 is 0. The summed E-state index contributed by atoms with van der Waals surface area (Å²) in [6.45, 7) is 4.12. The molecule has 1 saturated carbocycles. The molecule has 1 fully saturated rings. The summed E-state index contributed by atoms with van der Waals surface area (Å²) in [5, 5.41) is 14.2. The molecule has 0 radical (unpaired) electrons. The Balaban J connectivity index is 1.41. The van der Waals surface area contributed by atoms with Crippen molar-refractivity contribution in [3.8, 4) is 17.1 Å². The zero-order chi connectivity index (χ0) is 24.9. The maximum absolute atomic E-state index is 13.6. The van der Waals surface area contributed by atoms with E-state index in [4.69, 9.17) is 4.74 Å². The highest BCUT2D eigenvalue weighted by Gasteiger charge is 2.26. The first-order valence-electron chi connectivity index (χ1n) is 11.4. The fourth-order valence-electron chi connectivity index (χ4n) is 4.33. The largest absolute Gasteiger partial charge is 0.494 e. The fraction of sp³-hybridized carbons (Fsp3) is 0.417. The van der Waals surface area contributed by atoms with Gasteiger partial charge in [0.25, 0.3) is 5.91 Å². The highest BCUT2D eigenvalue weighted by Crippen LogP contribution is 2.27. The molecule has 35 heavy (non-hydrogen) atoms. The number of halogens is 1. The highest BCUT2D eigenvalue weighted by atomic mass is 19.1. The molecule has 0 saturated heterocycles. The zero-order valence-electron chi connectivity index (χ0n) is 19.9. The van der Waals surface area contributed by atoms with Crippen LogP contribution in [-0.4, -0.2) is 49.9 Å². The van der Waals surface area contributed by atoms with Crippen molar-refractivity contribution in [1.29, 1.82) is 0 Å². The van der Waals surface area contributed by atoms with Gasteiger partial charge in [0.1, 0.15) is 17.2 Å². The van der Waals surface area contributed by atoms with E-state index >= 15 is 0 Å². The number of hydrogen-bond acceptors (Lipinski definition) is 7. The number of aryl methyl sites for hydroxylation is 1. The monoisotopic (exact) mass is 481 g/mol. The van der Waals surface area contributed by atoms with Crippen molar-refractivity contribution < 1.29 is 18.7 Å². The van der Waals surface area contributed by atoms with Gasteiger partial charge in [0.15, 0.2) is 11.6 Å². The lowest BCUT2D eigenvalue weighted by Gasteiger charge is -2.11. The third-order valence-corrected chi connectivity index (χ3v) is 5.93. The fourth-order valence-corrected chi connectivity index (χ4v) is 4.33. The smallest absolute Gasteiger partial charge is 0.270 e. The molecule has 10 nitrogen and oxygen atoms in total. The van der Waals surface area contributed by atoms with Gasteiger partial charge >= 0.3 is 0 Å². The second kappa shape index (κ2) is 10.6. The van der Waals surface area contributed by atoms with Crippen LogP contribution in [0.25, 0.3) is 11.4 Å². The molecule has 4 rings (SSSR count). The second-order valence-electron chi connectivity index (χ2n) is 8.74. The number of carbonyl (C=O) groups is 2. The van der Waals surface area contributed by atoms with Gasteiger partial charge in [-0.05, 0) is 55.9 Å². The minimum atomic E-state index is -0.466. The molecular weight excluding hydrogens is 453 g/mol. The van der Waals surface area contributed by atoms with E-state index in [-0.39, 0.29) is 35.8 Å². The van der Waals surface area contributed by atoms with Crippen molar-refractivity contribution in [2.45, 2.75) is 52.2 Å². The number of benzene rings is 1. The molecule has 0 bridgehead atoms. The lowest BCUT2D eigenvalue weighted by atomic mass is 10.1. The van der Waals surface area contributed by atoms with Crippen LogP contribution in [-0.2, 0) is 17.9 Å². The maximum atomic E-state index is 13.6. The van der Waals surface area contributed by atoms with E-state index in [2.05, 4.69) is 30.9 Å². The first-order chi connectivity index (χ1) is 16.8. The molecule has 2 aromatic heterocycles. The highest BCUT2D eigenvalue weighted by molar-refractivity contribution is 5.93. The molecule has 3 aromatic rings. The van der Waals surface area contributed by atoms with Crippen molar-refractivity contribution in [2.75, 3.05) is 7.11 Å². The Morgan fingerprint density at radius 1 is 1.20 bits per heavy atom. The van der Waals surface area contributed by atoms with Gasteiger partial charge in [0.2, 0.25) is 5.91 Å². The standard InChI is InChI=1S/C24H28FN7O3/c1-14-27-20(22-13-32(31-30-22)12-17-4-6-18(8-17)29-15(2)33)10-21(28-14)24(34)26-11-16-5-7-19(25)23(9-16)35-3/h5,7,9-10,13,17-18H,4,6,8,11-12H2,1-3H3,(H,26,34)(H,29,33)/t17-,18?/m0/s1. The lowest BCUT2D eigenvalue weighted by Crippen LogP contribution is -2.30. The SMILES string of the molecule is COc1cc(CNC(=O)c2cc(-c3cn(C[C@H]4CCC(NC(C)=O)C4)nn3)nc(C)n2)ccc1F. The number of carbonyl (C=O) groups excluding carboxylic acids is 2. The number of nitrogens with one attached hydrogen (secondary N) is 2. The average molecular weight is 482 g/mol. The Bertz CT molecular complexity index is 1230. The quantitative estimate of drug-likeness (QED) is 0.506. The van der Waals surface area contributed by atoms with Crippen molar-refractivity contribution in [2.24, 2.45) is 5.92 Å². The Morgan fingerprint density at radius 2 is 2.03 bits per heavy atom. The van der Waals surface area contributed by atoms with Gasteiger partial charge < -0.3 is 15.4 Å². The van der Waals surface area contributed by atoms with Gasteiger partial charge in [-0.1, -0.05) is 11.3 Å². The molecule has 1 aliphatic carbocycles. The van der Waals surface area contributed by atoms with E-state index in [1.807, 2.05) is 0 Å². The minimum Gasteiger partial charge on any atom is -0.494 e. The summed E-state index contributed by atoms with van der Waals surface area (Å²) in [5.41, 5.74) is 1.94. The molecule has 2 N–H and O–H groups in total. The predicted octanol–water partition coefficient (Wildman–Crippen LogP) is 2.43. The summed E-state index contributed by atoms with van der Waals surface area (Å²) in [6.07, 6.45) is 4.68. The second-order valence-corrected chi connectivity index (χ2v) is 8.74. The number of amides is 2. The number of ether oxygens (including phenoxy) is 1. The molecule has 0 spiro atoms. The van der Waals surface area contributed by atoms with Crippen LogP contribution < -0.4 is 15.4 Å². The maximum Gasteiger partial charge on any atom is 0.270 e. The van der Waals surface area contributed by atoms with Gasteiger partial charge in [-0.2, -0.15) is 0 Å². The third-order valence-electron chi connectivity index (χ3n) is 5.93. The van der Waals surface area contributed by atoms with Crippen LogP contribution in [0.4, 0.5) is 4.39 Å². The summed E-state index contributed by atoms with van der Waals surface area (Å²) in [6, 6.07) is 6.19. The van der Waals surface area contributed by atoms with Crippen LogP contribution >= 0.6 is 0 Å². The Morgan fingerprint density at radius 3 is 2.80 bits per heavy atom. The summed E-state index contributed by atoms with van der Waals surface area (Å²) in [5.74, 6) is 0.0902. The Hall–Kier alpha value is -3.89. The Labute approximate surface area is 202 Å². The molecule has 2 atom stereocenters. The molecule has 0 aliphatic heterocycles. The summed E-state index contributed by atoms with van der Waals surface area (Å²) in [4.78, 5) is 32.7. The molecule has 184 valence electrons. The van der Waals surface area contributed by atoms with Gasteiger partial charge in [-0.15, -0.1) is 5.10 Å². The first-order valence-corrected chi connectivity index (χ1v) is 11.4. The van der Waals surface area contributed by atoms with Crippen molar-refractivity contribution in [1.82, 2.24) is 35.6 Å². The average Bonchev–Trinajstić information content (AvgIpc) is 3.47. The molecule has 2 amide bonds. The van der Waals surface area contributed by atoms with Gasteiger partial charge in [-0.3, -0.25) is 14.3 Å². The zero-order valence-corrected chi connectivity index (χ0v) is 19.9. The molecule has 1 aromatic carbocycles. The van der Waals surface area contributed by atoms with Gasteiger partial charge in [0, 0.05) is 26.1 Å². The normalized spacial score (nSPS) is 17.3. The minimum absolute atomic E-state index is 0.00458. The molecular formula is C24H28FN7O3. The van der Waals surface area contributed by atoms with Crippen LogP contribution in [0.2, 0.25) is 0 Å². The number of hydrogen-bond donors (Lipinski definition) is 2. The number of aromatic nitrogens is 5. The lowest BCUT2D eigenvalue weighted by molar-refractivity contribution is -0.119. The van der Waals surface area contributed by atoms with Gasteiger partial charge in [0.05, 0.1) is 19.0 Å². The molecule has 1 aliphatic rings.